The van der Waals surface area contributed by atoms with E-state index in [9.17, 15) is 9.18 Å². The van der Waals surface area contributed by atoms with E-state index in [0.29, 0.717) is 5.82 Å². The Morgan fingerprint density at radius 1 is 1.33 bits per heavy atom. The van der Waals surface area contributed by atoms with Gasteiger partial charge in [0.2, 0.25) is 0 Å². The van der Waals surface area contributed by atoms with E-state index < -0.39 is 5.97 Å². The van der Waals surface area contributed by atoms with Gasteiger partial charge in [-0.25, -0.2) is 9.18 Å². The highest BCUT2D eigenvalue weighted by molar-refractivity contribution is 5.86. The number of ether oxygens (including phenoxy) is 1. The van der Waals surface area contributed by atoms with Gasteiger partial charge < -0.3 is 10.1 Å². The fourth-order valence-corrected chi connectivity index (χ4v) is 2.52. The van der Waals surface area contributed by atoms with Gasteiger partial charge in [0.15, 0.2) is 5.69 Å². The van der Waals surface area contributed by atoms with Crippen LogP contribution in [0.3, 0.4) is 0 Å². The second-order valence-electron chi connectivity index (χ2n) is 4.87. The number of rotatable bonds is 3. The van der Waals surface area contributed by atoms with Gasteiger partial charge in [0.05, 0.1) is 13.2 Å². The molecule has 0 saturated carbocycles. The highest BCUT2D eigenvalue weighted by Crippen LogP contribution is 2.33. The largest absolute Gasteiger partial charge is 0.464 e. The molecule has 1 aliphatic rings. The summed E-state index contributed by atoms with van der Waals surface area (Å²) in [5.74, 6) is -0.221. The number of aromatic nitrogens is 2. The van der Waals surface area contributed by atoms with Crippen molar-refractivity contribution in [1.82, 2.24) is 10.2 Å². The number of hydrogen-bond donors (Lipinski definition) is 1. The van der Waals surface area contributed by atoms with E-state index in [1.807, 2.05) is 6.07 Å². The van der Waals surface area contributed by atoms with Crippen LogP contribution in [0.25, 0.3) is 0 Å². The molecule has 5 nitrogen and oxygen atoms in total. The van der Waals surface area contributed by atoms with Crippen LogP contribution in [0, 0.1) is 5.82 Å². The fourth-order valence-electron chi connectivity index (χ4n) is 2.52. The van der Waals surface area contributed by atoms with E-state index in [1.54, 1.807) is 18.2 Å². The summed E-state index contributed by atoms with van der Waals surface area (Å²) in [7, 11) is 1.29. The maximum atomic E-state index is 13.3. The summed E-state index contributed by atoms with van der Waals surface area (Å²) in [6, 6.07) is 8.06. The van der Waals surface area contributed by atoms with Crippen LogP contribution in [0.15, 0.2) is 30.3 Å². The lowest BCUT2D eigenvalue weighted by atomic mass is 10.1. The molecule has 108 valence electrons. The van der Waals surface area contributed by atoms with E-state index in [2.05, 4.69) is 20.3 Å². The molecule has 1 aliphatic carbocycles. The first-order valence-corrected chi connectivity index (χ1v) is 6.64. The van der Waals surface area contributed by atoms with E-state index in [4.69, 9.17) is 0 Å². The average molecular weight is 287 g/mol. The van der Waals surface area contributed by atoms with Gasteiger partial charge >= 0.3 is 5.97 Å². The molecule has 0 radical (unpaired) electrons. The summed E-state index contributed by atoms with van der Waals surface area (Å²) >= 11 is 0. The molecule has 1 unspecified atom stereocenters. The third kappa shape index (κ3) is 2.69. The van der Waals surface area contributed by atoms with Crippen molar-refractivity contribution in [2.45, 2.75) is 18.9 Å². The number of nitrogens with one attached hydrogen (secondary N) is 1. The predicted octanol–water partition coefficient (Wildman–Crippen LogP) is 2.50. The number of anilines is 1. The van der Waals surface area contributed by atoms with Gasteiger partial charge in [-0.2, -0.15) is 0 Å². The van der Waals surface area contributed by atoms with Gasteiger partial charge in [-0.3, -0.25) is 0 Å². The molecule has 0 spiro atoms. The van der Waals surface area contributed by atoms with Crippen molar-refractivity contribution in [3.8, 4) is 0 Å². The summed E-state index contributed by atoms with van der Waals surface area (Å²) in [5, 5.41) is 11.0. The van der Waals surface area contributed by atoms with E-state index in [1.165, 1.54) is 13.2 Å². The molecule has 0 aliphatic heterocycles. The number of benzene rings is 1. The summed E-state index contributed by atoms with van der Waals surface area (Å²) in [6.07, 6.45) is 1.78. The van der Waals surface area contributed by atoms with Crippen LogP contribution >= 0.6 is 0 Å². The molecule has 0 fully saturated rings. The molecule has 1 aromatic carbocycles. The second kappa shape index (κ2) is 5.47. The van der Waals surface area contributed by atoms with Gasteiger partial charge in [0.25, 0.3) is 0 Å². The van der Waals surface area contributed by atoms with E-state index in [0.717, 1.165) is 24.0 Å². The number of hydrogen-bond acceptors (Lipinski definition) is 5. The molecular formula is C15H14FN3O2. The van der Waals surface area contributed by atoms with E-state index >= 15 is 0 Å². The normalized spacial score (nSPS) is 16.4. The van der Waals surface area contributed by atoms with Crippen LogP contribution in [-0.2, 0) is 11.2 Å². The first kappa shape index (κ1) is 13.5. The molecule has 21 heavy (non-hydrogen) atoms. The zero-order chi connectivity index (χ0) is 14.8. The number of carbonyl (C=O) groups is 1. The number of esters is 1. The Morgan fingerprint density at radius 2 is 2.19 bits per heavy atom. The van der Waals surface area contributed by atoms with Crippen molar-refractivity contribution in [3.05, 3.63) is 53.0 Å². The second-order valence-corrected chi connectivity index (χ2v) is 4.87. The molecule has 1 aromatic heterocycles. The van der Waals surface area contributed by atoms with Gasteiger partial charge in [-0.15, -0.1) is 10.2 Å². The number of fused-ring (bicyclic) bond motifs is 1. The molecule has 0 amide bonds. The van der Waals surface area contributed by atoms with Gasteiger partial charge in [-0.05, 0) is 48.2 Å². The van der Waals surface area contributed by atoms with Crippen molar-refractivity contribution in [1.29, 1.82) is 0 Å². The number of carbonyl (C=O) groups excluding carboxylic acids is 1. The average Bonchev–Trinajstić information content (AvgIpc) is 2.89. The monoisotopic (exact) mass is 287 g/mol. The van der Waals surface area contributed by atoms with Crippen LogP contribution in [0.4, 0.5) is 10.2 Å². The number of aryl methyl sites for hydroxylation is 1. The zero-order valence-electron chi connectivity index (χ0n) is 11.5. The first-order valence-electron chi connectivity index (χ1n) is 6.64. The minimum atomic E-state index is -0.526. The molecule has 0 saturated heterocycles. The highest BCUT2D eigenvalue weighted by Gasteiger charge is 2.23. The standard InChI is InChI=1S/C15H14FN3O2/c1-21-15(20)13-6-7-14(19-18-13)17-12-5-3-9-2-4-10(16)8-11(9)12/h2,4,6-8,12H,3,5H2,1H3,(H,17,19). The highest BCUT2D eigenvalue weighted by atomic mass is 19.1. The Balaban J connectivity index is 1.77. The Hall–Kier alpha value is -2.50. The van der Waals surface area contributed by atoms with Crippen LogP contribution in [0.1, 0.15) is 34.1 Å². The lowest BCUT2D eigenvalue weighted by Gasteiger charge is -2.14. The maximum Gasteiger partial charge on any atom is 0.358 e. The van der Waals surface area contributed by atoms with Crippen LogP contribution in [0.5, 0.6) is 0 Å². The molecule has 1 atom stereocenters. The van der Waals surface area contributed by atoms with Crippen molar-refractivity contribution in [3.63, 3.8) is 0 Å². The predicted molar refractivity (Wildman–Crippen MR) is 74.5 cm³/mol. The molecule has 1 heterocycles. The molecule has 3 rings (SSSR count). The third-order valence-corrected chi connectivity index (χ3v) is 3.57. The topological polar surface area (TPSA) is 64.1 Å². The third-order valence-electron chi connectivity index (χ3n) is 3.57. The van der Waals surface area contributed by atoms with Crippen molar-refractivity contribution in [2.75, 3.05) is 12.4 Å². The number of halogens is 1. The van der Waals surface area contributed by atoms with Gasteiger partial charge in [-0.1, -0.05) is 6.07 Å². The van der Waals surface area contributed by atoms with Crippen molar-refractivity contribution < 1.29 is 13.9 Å². The summed E-state index contributed by atoms with van der Waals surface area (Å²) in [5.41, 5.74) is 2.25. The SMILES string of the molecule is COC(=O)c1ccc(NC2CCc3ccc(F)cc32)nn1. The van der Waals surface area contributed by atoms with Crippen molar-refractivity contribution in [2.24, 2.45) is 0 Å². The zero-order valence-corrected chi connectivity index (χ0v) is 11.5. The first-order chi connectivity index (χ1) is 10.2. The molecular weight excluding hydrogens is 273 g/mol. The molecule has 0 bridgehead atoms. The number of nitrogens with zero attached hydrogens (tertiary/aromatic N) is 2. The quantitative estimate of drug-likeness (QED) is 0.879. The van der Waals surface area contributed by atoms with Crippen molar-refractivity contribution >= 4 is 11.8 Å². The minimum Gasteiger partial charge on any atom is -0.464 e. The Morgan fingerprint density at radius 3 is 2.90 bits per heavy atom. The minimum absolute atomic E-state index is 0.00831. The fraction of sp³-hybridized carbons (Fsp3) is 0.267. The Labute approximate surface area is 121 Å². The Kier molecular flexibility index (Phi) is 3.51. The lowest BCUT2D eigenvalue weighted by molar-refractivity contribution is 0.0593. The van der Waals surface area contributed by atoms with Crippen LogP contribution < -0.4 is 5.32 Å². The summed E-state index contributed by atoms with van der Waals surface area (Å²) in [4.78, 5) is 11.3. The lowest BCUT2D eigenvalue weighted by Crippen LogP contribution is -2.11. The smallest absolute Gasteiger partial charge is 0.358 e. The molecule has 1 N–H and O–H groups in total. The summed E-state index contributed by atoms with van der Waals surface area (Å²) in [6.45, 7) is 0. The van der Waals surface area contributed by atoms with Gasteiger partial charge in [0.1, 0.15) is 11.6 Å². The van der Waals surface area contributed by atoms with Crippen LogP contribution in [-0.4, -0.2) is 23.3 Å². The molecule has 6 heteroatoms. The van der Waals surface area contributed by atoms with Crippen LogP contribution in [0.2, 0.25) is 0 Å². The molecule has 2 aromatic rings. The Bertz CT molecular complexity index is 673. The number of methoxy groups -OCH3 is 1. The van der Waals surface area contributed by atoms with E-state index in [-0.39, 0.29) is 17.6 Å². The summed E-state index contributed by atoms with van der Waals surface area (Å²) < 4.78 is 17.9. The van der Waals surface area contributed by atoms with Gasteiger partial charge in [0, 0.05) is 0 Å². The maximum absolute atomic E-state index is 13.3.